The van der Waals surface area contributed by atoms with Gasteiger partial charge in [-0.3, -0.25) is 4.79 Å². The first-order chi connectivity index (χ1) is 9.79. The van der Waals surface area contributed by atoms with E-state index in [0.717, 1.165) is 0 Å². The SMILES string of the molecule is CC(C)C[C@H](NC(=O)CCc1ccc(O)c(O)c1)C(=O)O. The van der Waals surface area contributed by atoms with Crippen molar-refractivity contribution >= 4 is 11.9 Å². The number of hydrogen-bond acceptors (Lipinski definition) is 4. The maximum absolute atomic E-state index is 11.8. The second-order valence-electron chi connectivity index (χ2n) is 5.41. The van der Waals surface area contributed by atoms with Crippen LogP contribution in [-0.4, -0.2) is 33.2 Å². The monoisotopic (exact) mass is 295 g/mol. The molecular formula is C15H21NO5. The van der Waals surface area contributed by atoms with Gasteiger partial charge < -0.3 is 20.6 Å². The summed E-state index contributed by atoms with van der Waals surface area (Å²) in [5.41, 5.74) is 0.691. The molecule has 0 aliphatic heterocycles. The van der Waals surface area contributed by atoms with Crippen molar-refractivity contribution in [2.24, 2.45) is 5.92 Å². The Bertz CT molecular complexity index is 513. The molecule has 6 nitrogen and oxygen atoms in total. The van der Waals surface area contributed by atoms with Crippen LogP contribution in [0.15, 0.2) is 18.2 Å². The van der Waals surface area contributed by atoms with Crippen LogP contribution in [0.4, 0.5) is 0 Å². The molecule has 0 saturated carbocycles. The number of amides is 1. The van der Waals surface area contributed by atoms with Crippen LogP contribution >= 0.6 is 0 Å². The van der Waals surface area contributed by atoms with Gasteiger partial charge in [0, 0.05) is 6.42 Å². The predicted molar refractivity (Wildman–Crippen MR) is 77.1 cm³/mol. The zero-order valence-electron chi connectivity index (χ0n) is 12.2. The summed E-state index contributed by atoms with van der Waals surface area (Å²) >= 11 is 0. The van der Waals surface area contributed by atoms with Crippen LogP contribution in [0.3, 0.4) is 0 Å². The normalized spacial score (nSPS) is 12.1. The number of phenolic OH excluding ortho intramolecular Hbond substituents is 2. The molecule has 1 rings (SSSR count). The zero-order valence-corrected chi connectivity index (χ0v) is 12.2. The van der Waals surface area contributed by atoms with E-state index in [0.29, 0.717) is 18.4 Å². The van der Waals surface area contributed by atoms with Crippen molar-refractivity contribution in [1.29, 1.82) is 0 Å². The van der Waals surface area contributed by atoms with E-state index in [-0.39, 0.29) is 29.7 Å². The molecule has 6 heteroatoms. The summed E-state index contributed by atoms with van der Waals surface area (Å²) in [5.74, 6) is -1.68. The van der Waals surface area contributed by atoms with Gasteiger partial charge in [-0.1, -0.05) is 19.9 Å². The minimum absolute atomic E-state index is 0.117. The third-order valence-corrected chi connectivity index (χ3v) is 3.02. The van der Waals surface area contributed by atoms with Gasteiger partial charge >= 0.3 is 5.97 Å². The molecule has 116 valence electrons. The first-order valence-corrected chi connectivity index (χ1v) is 6.82. The third kappa shape index (κ3) is 5.72. The van der Waals surface area contributed by atoms with Crippen LogP contribution in [0.25, 0.3) is 0 Å². The molecule has 0 aliphatic carbocycles. The summed E-state index contributed by atoms with van der Waals surface area (Å²) in [6.45, 7) is 3.78. The minimum Gasteiger partial charge on any atom is -0.504 e. The van der Waals surface area contributed by atoms with Gasteiger partial charge in [0.05, 0.1) is 0 Å². The molecule has 0 fully saturated rings. The van der Waals surface area contributed by atoms with E-state index in [1.807, 2.05) is 13.8 Å². The van der Waals surface area contributed by atoms with Crippen molar-refractivity contribution in [2.75, 3.05) is 0 Å². The molecule has 4 N–H and O–H groups in total. The molecule has 1 amide bonds. The molecule has 0 unspecified atom stereocenters. The maximum Gasteiger partial charge on any atom is 0.326 e. The Balaban J connectivity index is 2.52. The van der Waals surface area contributed by atoms with Crippen molar-refractivity contribution in [3.8, 4) is 11.5 Å². The number of nitrogens with one attached hydrogen (secondary N) is 1. The molecule has 0 aliphatic rings. The largest absolute Gasteiger partial charge is 0.504 e. The molecule has 0 radical (unpaired) electrons. The summed E-state index contributed by atoms with van der Waals surface area (Å²) in [5, 5.41) is 30.1. The van der Waals surface area contributed by atoms with E-state index < -0.39 is 12.0 Å². The number of carboxylic acids is 1. The highest BCUT2D eigenvalue weighted by Crippen LogP contribution is 2.25. The van der Waals surface area contributed by atoms with E-state index in [1.165, 1.54) is 12.1 Å². The summed E-state index contributed by atoms with van der Waals surface area (Å²) in [6, 6.07) is 3.45. The number of carbonyl (C=O) groups is 2. The van der Waals surface area contributed by atoms with E-state index >= 15 is 0 Å². The smallest absolute Gasteiger partial charge is 0.326 e. The van der Waals surface area contributed by atoms with Gasteiger partial charge in [-0.15, -0.1) is 0 Å². The van der Waals surface area contributed by atoms with Gasteiger partial charge in [0.15, 0.2) is 11.5 Å². The fraction of sp³-hybridized carbons (Fsp3) is 0.467. The van der Waals surface area contributed by atoms with Crippen molar-refractivity contribution < 1.29 is 24.9 Å². The highest BCUT2D eigenvalue weighted by Gasteiger charge is 2.20. The Kier molecular flexibility index (Phi) is 6.02. The number of carboxylic acid groups (broad SMARTS) is 1. The van der Waals surface area contributed by atoms with Gasteiger partial charge in [-0.05, 0) is 36.5 Å². The first kappa shape index (κ1) is 16.8. The summed E-state index contributed by atoms with van der Waals surface area (Å²) < 4.78 is 0. The molecule has 1 aromatic carbocycles. The Morgan fingerprint density at radius 1 is 1.19 bits per heavy atom. The molecule has 1 atom stereocenters. The number of aromatic hydroxyl groups is 2. The summed E-state index contributed by atoms with van der Waals surface area (Å²) in [4.78, 5) is 22.8. The van der Waals surface area contributed by atoms with Gasteiger partial charge in [-0.25, -0.2) is 4.79 Å². The maximum atomic E-state index is 11.8. The fourth-order valence-electron chi connectivity index (χ4n) is 1.94. The predicted octanol–water partition coefficient (Wildman–Crippen LogP) is 1.65. The third-order valence-electron chi connectivity index (χ3n) is 3.02. The topological polar surface area (TPSA) is 107 Å². The molecule has 0 spiro atoms. The number of aryl methyl sites for hydroxylation is 1. The number of carbonyl (C=O) groups excluding carboxylic acids is 1. The number of aliphatic carboxylic acids is 1. The average molecular weight is 295 g/mol. The van der Waals surface area contributed by atoms with Crippen LogP contribution in [0.2, 0.25) is 0 Å². The lowest BCUT2D eigenvalue weighted by Gasteiger charge is -2.16. The number of benzene rings is 1. The lowest BCUT2D eigenvalue weighted by molar-refractivity contribution is -0.142. The highest BCUT2D eigenvalue weighted by atomic mass is 16.4. The van der Waals surface area contributed by atoms with Crippen LogP contribution in [0.5, 0.6) is 11.5 Å². The van der Waals surface area contributed by atoms with Crippen molar-refractivity contribution in [3.63, 3.8) is 0 Å². The summed E-state index contributed by atoms with van der Waals surface area (Å²) in [7, 11) is 0. The van der Waals surface area contributed by atoms with E-state index in [1.54, 1.807) is 6.07 Å². The van der Waals surface area contributed by atoms with Crippen LogP contribution in [-0.2, 0) is 16.0 Å². The Morgan fingerprint density at radius 3 is 2.38 bits per heavy atom. The average Bonchev–Trinajstić information content (AvgIpc) is 2.38. The Hall–Kier alpha value is -2.24. The van der Waals surface area contributed by atoms with Crippen molar-refractivity contribution in [3.05, 3.63) is 23.8 Å². The number of phenols is 2. The fourth-order valence-corrected chi connectivity index (χ4v) is 1.94. The van der Waals surface area contributed by atoms with Crippen LogP contribution < -0.4 is 5.32 Å². The van der Waals surface area contributed by atoms with Crippen LogP contribution in [0.1, 0.15) is 32.3 Å². The zero-order chi connectivity index (χ0) is 16.0. The second-order valence-corrected chi connectivity index (χ2v) is 5.41. The molecule has 0 heterocycles. The molecule has 1 aromatic rings. The lowest BCUT2D eigenvalue weighted by atomic mass is 10.0. The highest BCUT2D eigenvalue weighted by molar-refractivity contribution is 5.83. The second kappa shape index (κ2) is 7.52. The van der Waals surface area contributed by atoms with E-state index in [9.17, 15) is 19.8 Å². The van der Waals surface area contributed by atoms with Crippen LogP contribution in [0, 0.1) is 5.92 Å². The standard InChI is InChI=1S/C15H21NO5/c1-9(2)7-11(15(20)21)16-14(19)6-4-10-3-5-12(17)13(18)8-10/h3,5,8-9,11,17-18H,4,6-7H2,1-2H3,(H,16,19)(H,20,21)/t11-/m0/s1. The molecule has 21 heavy (non-hydrogen) atoms. The molecule has 0 aromatic heterocycles. The number of rotatable bonds is 7. The van der Waals surface area contributed by atoms with Gasteiger partial charge in [0.2, 0.25) is 5.91 Å². The molecule has 0 saturated heterocycles. The minimum atomic E-state index is -1.04. The van der Waals surface area contributed by atoms with Gasteiger partial charge in [-0.2, -0.15) is 0 Å². The first-order valence-electron chi connectivity index (χ1n) is 6.82. The van der Waals surface area contributed by atoms with E-state index in [4.69, 9.17) is 5.11 Å². The quantitative estimate of drug-likeness (QED) is 0.572. The van der Waals surface area contributed by atoms with Gasteiger partial charge in [0.25, 0.3) is 0 Å². The Morgan fingerprint density at radius 2 is 1.86 bits per heavy atom. The number of hydrogen-bond donors (Lipinski definition) is 4. The molecule has 0 bridgehead atoms. The Labute approximate surface area is 123 Å². The van der Waals surface area contributed by atoms with Crippen molar-refractivity contribution in [1.82, 2.24) is 5.32 Å². The summed E-state index contributed by atoms with van der Waals surface area (Å²) in [6.07, 6.45) is 0.848. The lowest BCUT2D eigenvalue weighted by Crippen LogP contribution is -2.41. The van der Waals surface area contributed by atoms with Gasteiger partial charge in [0.1, 0.15) is 6.04 Å². The van der Waals surface area contributed by atoms with Crippen molar-refractivity contribution in [2.45, 2.75) is 39.2 Å². The van der Waals surface area contributed by atoms with E-state index in [2.05, 4.69) is 5.32 Å². The molecular weight excluding hydrogens is 274 g/mol.